The molecule has 2 aromatic heterocycles. The van der Waals surface area contributed by atoms with Gasteiger partial charge in [-0.2, -0.15) is 0 Å². The monoisotopic (exact) mass is 392 g/mol. The number of carbonyl (C=O) groups is 1. The van der Waals surface area contributed by atoms with Gasteiger partial charge in [0.15, 0.2) is 0 Å². The van der Waals surface area contributed by atoms with Crippen molar-refractivity contribution in [1.82, 2.24) is 9.97 Å². The van der Waals surface area contributed by atoms with E-state index in [4.69, 9.17) is 0 Å². The number of hydrogen-bond donors (Lipinski definition) is 0. The van der Waals surface area contributed by atoms with Crippen molar-refractivity contribution >= 4 is 5.78 Å². The van der Waals surface area contributed by atoms with Crippen LogP contribution in [0, 0.1) is 0 Å². The minimum absolute atomic E-state index is 0.108. The molecule has 2 atom stereocenters. The fourth-order valence-corrected chi connectivity index (χ4v) is 3.59. The molecular formula is C27H24N2O. The number of pyridine rings is 2. The third-order valence-electron chi connectivity index (χ3n) is 5.49. The molecule has 0 aliphatic heterocycles. The van der Waals surface area contributed by atoms with Crippen molar-refractivity contribution in [2.24, 2.45) is 0 Å². The molecule has 2 unspecified atom stereocenters. The maximum absolute atomic E-state index is 13.1. The van der Waals surface area contributed by atoms with Crippen molar-refractivity contribution in [3.8, 4) is 0 Å². The highest BCUT2D eigenvalue weighted by atomic mass is 16.1. The molecule has 2 aromatic carbocycles. The Balaban J connectivity index is 1.61. The van der Waals surface area contributed by atoms with Gasteiger partial charge in [-0.05, 0) is 35.4 Å². The molecule has 0 fully saturated rings. The highest BCUT2D eigenvalue weighted by molar-refractivity contribution is 6.06. The van der Waals surface area contributed by atoms with E-state index in [0.29, 0.717) is 11.4 Å². The number of nitrogens with zero attached hydrogens (tertiary/aromatic N) is 2. The van der Waals surface area contributed by atoms with E-state index in [1.807, 2.05) is 60.7 Å². The van der Waals surface area contributed by atoms with Crippen LogP contribution >= 0.6 is 0 Å². The topological polar surface area (TPSA) is 42.9 Å². The van der Waals surface area contributed by atoms with Gasteiger partial charge in [0.05, 0.1) is 0 Å². The summed E-state index contributed by atoms with van der Waals surface area (Å²) in [6, 6.07) is 31.6. The lowest BCUT2D eigenvalue weighted by molar-refractivity contribution is 0.102. The van der Waals surface area contributed by atoms with Crippen LogP contribution in [0.15, 0.2) is 97.1 Å². The van der Waals surface area contributed by atoms with Crippen LogP contribution in [0.2, 0.25) is 0 Å². The van der Waals surface area contributed by atoms with Crippen molar-refractivity contribution in [3.05, 3.63) is 131 Å². The quantitative estimate of drug-likeness (QED) is 0.377. The Morgan fingerprint density at radius 1 is 0.567 bits per heavy atom. The Bertz CT molecular complexity index is 1050. The molecule has 4 rings (SSSR count). The summed E-state index contributed by atoms with van der Waals surface area (Å²) < 4.78 is 0. The number of benzene rings is 2. The Morgan fingerprint density at radius 3 is 1.37 bits per heavy atom. The van der Waals surface area contributed by atoms with Gasteiger partial charge in [0.2, 0.25) is 5.78 Å². The maximum Gasteiger partial charge on any atom is 0.229 e. The summed E-state index contributed by atoms with van der Waals surface area (Å²) in [4.78, 5) is 22.5. The normalized spacial score (nSPS) is 12.9. The number of rotatable bonds is 6. The lowest BCUT2D eigenvalue weighted by Crippen LogP contribution is -2.11. The maximum atomic E-state index is 13.1. The molecule has 0 bridgehead atoms. The van der Waals surface area contributed by atoms with Gasteiger partial charge in [0.25, 0.3) is 0 Å². The number of ketones is 1. The summed E-state index contributed by atoms with van der Waals surface area (Å²) in [5, 5.41) is 0. The molecule has 0 spiro atoms. The second-order valence-electron chi connectivity index (χ2n) is 7.49. The molecule has 30 heavy (non-hydrogen) atoms. The fourth-order valence-electron chi connectivity index (χ4n) is 3.59. The van der Waals surface area contributed by atoms with E-state index in [9.17, 15) is 4.79 Å². The van der Waals surface area contributed by atoms with Gasteiger partial charge in [-0.25, -0.2) is 9.97 Å². The predicted octanol–water partition coefficient (Wildman–Crippen LogP) is 6.01. The smallest absolute Gasteiger partial charge is 0.229 e. The van der Waals surface area contributed by atoms with Crippen LogP contribution in [0.5, 0.6) is 0 Å². The Morgan fingerprint density at radius 2 is 0.967 bits per heavy atom. The summed E-state index contributed by atoms with van der Waals surface area (Å²) in [7, 11) is 0. The van der Waals surface area contributed by atoms with Crippen LogP contribution in [0.3, 0.4) is 0 Å². The van der Waals surface area contributed by atoms with Crippen LogP contribution in [-0.2, 0) is 0 Å². The summed E-state index contributed by atoms with van der Waals surface area (Å²) in [5.41, 5.74) is 4.94. The lowest BCUT2D eigenvalue weighted by Gasteiger charge is -2.13. The molecule has 148 valence electrons. The number of hydrogen-bond acceptors (Lipinski definition) is 3. The van der Waals surface area contributed by atoms with Crippen LogP contribution in [0.4, 0.5) is 0 Å². The molecule has 3 nitrogen and oxygen atoms in total. The largest absolute Gasteiger partial charge is 0.285 e. The van der Waals surface area contributed by atoms with Crippen LogP contribution in [0.25, 0.3) is 0 Å². The van der Waals surface area contributed by atoms with Crippen LogP contribution in [-0.4, -0.2) is 15.8 Å². The zero-order chi connectivity index (χ0) is 20.9. The Hall–Kier alpha value is -3.59. The van der Waals surface area contributed by atoms with E-state index in [0.717, 1.165) is 11.4 Å². The molecule has 0 saturated carbocycles. The van der Waals surface area contributed by atoms with Gasteiger partial charge in [0, 0.05) is 23.2 Å². The second kappa shape index (κ2) is 8.83. The second-order valence-corrected chi connectivity index (χ2v) is 7.49. The first-order valence-corrected chi connectivity index (χ1v) is 10.2. The van der Waals surface area contributed by atoms with Gasteiger partial charge >= 0.3 is 0 Å². The Kier molecular flexibility index (Phi) is 5.80. The fraction of sp³-hybridized carbons (Fsp3) is 0.148. The van der Waals surface area contributed by atoms with Gasteiger partial charge in [0.1, 0.15) is 11.4 Å². The third kappa shape index (κ3) is 4.20. The highest BCUT2D eigenvalue weighted by Crippen LogP contribution is 2.24. The van der Waals surface area contributed by atoms with E-state index in [1.54, 1.807) is 12.1 Å². The van der Waals surface area contributed by atoms with Gasteiger partial charge in [-0.15, -0.1) is 0 Å². The van der Waals surface area contributed by atoms with Gasteiger partial charge < -0.3 is 0 Å². The number of carbonyl (C=O) groups excluding carboxylic acids is 1. The standard InChI is InChI=1S/C27H24N2O/c1-19(21-11-5-3-6-12-21)23-15-9-17-25(28-23)27(30)26-18-10-16-24(29-26)20(2)22-13-7-4-8-14-22/h3-20H,1-2H3. The average molecular weight is 393 g/mol. The molecule has 0 N–H and O–H groups in total. The van der Waals surface area contributed by atoms with Crippen molar-refractivity contribution in [2.45, 2.75) is 25.7 Å². The van der Waals surface area contributed by atoms with E-state index in [-0.39, 0.29) is 17.6 Å². The van der Waals surface area contributed by atoms with E-state index >= 15 is 0 Å². The first-order valence-electron chi connectivity index (χ1n) is 10.2. The van der Waals surface area contributed by atoms with Crippen molar-refractivity contribution in [1.29, 1.82) is 0 Å². The summed E-state index contributed by atoms with van der Waals surface area (Å²) in [6.45, 7) is 4.21. The van der Waals surface area contributed by atoms with Crippen LogP contribution < -0.4 is 0 Å². The molecular weight excluding hydrogens is 368 g/mol. The van der Waals surface area contributed by atoms with Crippen molar-refractivity contribution < 1.29 is 4.79 Å². The first-order chi connectivity index (χ1) is 14.6. The van der Waals surface area contributed by atoms with Crippen LogP contribution in [0.1, 0.15) is 64.4 Å². The van der Waals surface area contributed by atoms with Gasteiger partial charge in [-0.3, -0.25) is 4.79 Å². The minimum atomic E-state index is -0.153. The molecule has 0 aliphatic carbocycles. The molecule has 0 radical (unpaired) electrons. The van der Waals surface area contributed by atoms with Crippen molar-refractivity contribution in [2.75, 3.05) is 0 Å². The zero-order valence-electron chi connectivity index (χ0n) is 17.2. The summed E-state index contributed by atoms with van der Waals surface area (Å²) >= 11 is 0. The van der Waals surface area contributed by atoms with E-state index in [2.05, 4.69) is 48.1 Å². The molecule has 3 heteroatoms. The summed E-state index contributed by atoms with van der Waals surface area (Å²) in [6.07, 6.45) is 0. The predicted molar refractivity (Wildman–Crippen MR) is 120 cm³/mol. The molecule has 4 aromatic rings. The molecule has 0 amide bonds. The molecule has 2 heterocycles. The average Bonchev–Trinajstić information content (AvgIpc) is 2.84. The Labute approximate surface area is 177 Å². The molecule has 0 aliphatic rings. The first kappa shape index (κ1) is 19.7. The van der Waals surface area contributed by atoms with E-state index in [1.165, 1.54) is 11.1 Å². The molecule has 0 saturated heterocycles. The highest BCUT2D eigenvalue weighted by Gasteiger charge is 2.17. The SMILES string of the molecule is CC(c1ccccc1)c1cccc(C(=O)c2cccc(C(C)c3ccccc3)n2)n1. The third-order valence-corrected chi connectivity index (χ3v) is 5.49. The minimum Gasteiger partial charge on any atom is -0.285 e. The van der Waals surface area contributed by atoms with Gasteiger partial charge in [-0.1, -0.05) is 86.6 Å². The van der Waals surface area contributed by atoms with Crippen molar-refractivity contribution in [3.63, 3.8) is 0 Å². The summed E-state index contributed by atoms with van der Waals surface area (Å²) in [5.74, 6) is 0.0620. The van der Waals surface area contributed by atoms with E-state index < -0.39 is 0 Å². The zero-order valence-corrected chi connectivity index (χ0v) is 17.2. The lowest BCUT2D eigenvalue weighted by atomic mass is 9.96. The number of aromatic nitrogens is 2.